The molecular weight excluding hydrogens is 413 g/mol. The van der Waals surface area contributed by atoms with Crippen molar-refractivity contribution in [2.24, 2.45) is 0 Å². The summed E-state index contributed by atoms with van der Waals surface area (Å²) in [5, 5.41) is 2.68. The molecule has 2 amide bonds. The maximum atomic E-state index is 12.4. The van der Waals surface area contributed by atoms with Crippen molar-refractivity contribution in [3.05, 3.63) is 54.6 Å². The first kappa shape index (κ1) is 22.5. The zero-order valence-electron chi connectivity index (χ0n) is 16.7. The van der Waals surface area contributed by atoms with Crippen molar-refractivity contribution in [3.63, 3.8) is 0 Å². The SMILES string of the molecule is O=C(NCCOc1ccccc1-c1ccccc1)C1CCCN1C(=O)OCC(F)(F)F. The number of nitrogens with one attached hydrogen (secondary N) is 1. The van der Waals surface area contributed by atoms with Crippen LogP contribution in [0.4, 0.5) is 18.0 Å². The number of carbonyl (C=O) groups is 2. The number of benzene rings is 2. The second-order valence-corrected chi connectivity index (χ2v) is 7.02. The third-order valence-electron chi connectivity index (χ3n) is 4.78. The first-order valence-electron chi connectivity index (χ1n) is 9.90. The summed E-state index contributed by atoms with van der Waals surface area (Å²) in [5.41, 5.74) is 1.92. The molecule has 0 aliphatic carbocycles. The summed E-state index contributed by atoms with van der Waals surface area (Å²) < 4.78 is 46.8. The van der Waals surface area contributed by atoms with Crippen LogP contribution in [-0.2, 0) is 9.53 Å². The van der Waals surface area contributed by atoms with Crippen molar-refractivity contribution in [1.82, 2.24) is 10.2 Å². The highest BCUT2D eigenvalue weighted by Gasteiger charge is 2.37. The first-order chi connectivity index (χ1) is 14.8. The fraction of sp³-hybridized carbons (Fsp3) is 0.364. The number of halogens is 3. The van der Waals surface area contributed by atoms with Gasteiger partial charge >= 0.3 is 12.3 Å². The van der Waals surface area contributed by atoms with Crippen LogP contribution in [0.25, 0.3) is 11.1 Å². The van der Waals surface area contributed by atoms with Crippen LogP contribution < -0.4 is 10.1 Å². The lowest BCUT2D eigenvalue weighted by molar-refractivity contribution is -0.162. The lowest BCUT2D eigenvalue weighted by Gasteiger charge is -2.23. The van der Waals surface area contributed by atoms with E-state index < -0.39 is 30.8 Å². The van der Waals surface area contributed by atoms with Gasteiger partial charge < -0.3 is 14.8 Å². The average Bonchev–Trinajstić information content (AvgIpc) is 3.25. The largest absolute Gasteiger partial charge is 0.491 e. The summed E-state index contributed by atoms with van der Waals surface area (Å²) in [7, 11) is 0. The Bertz CT molecular complexity index is 890. The zero-order chi connectivity index (χ0) is 22.3. The summed E-state index contributed by atoms with van der Waals surface area (Å²) in [5.74, 6) is 0.225. The monoisotopic (exact) mass is 436 g/mol. The number of para-hydroxylation sites is 1. The molecule has 1 fully saturated rings. The Kier molecular flexibility index (Phi) is 7.38. The number of likely N-dealkylation sites (tertiary alicyclic amines) is 1. The average molecular weight is 436 g/mol. The van der Waals surface area contributed by atoms with E-state index in [9.17, 15) is 22.8 Å². The van der Waals surface area contributed by atoms with Crippen molar-refractivity contribution >= 4 is 12.0 Å². The summed E-state index contributed by atoms with van der Waals surface area (Å²) in [6.45, 7) is -1.12. The molecule has 0 bridgehead atoms. The summed E-state index contributed by atoms with van der Waals surface area (Å²) in [6, 6.07) is 16.4. The van der Waals surface area contributed by atoms with Gasteiger partial charge in [0.25, 0.3) is 0 Å². The fourth-order valence-electron chi connectivity index (χ4n) is 3.39. The van der Waals surface area contributed by atoms with Gasteiger partial charge in [-0.2, -0.15) is 13.2 Å². The van der Waals surface area contributed by atoms with Crippen LogP contribution in [0.3, 0.4) is 0 Å². The molecule has 6 nitrogen and oxygen atoms in total. The fourth-order valence-corrected chi connectivity index (χ4v) is 3.39. The molecule has 0 radical (unpaired) electrons. The van der Waals surface area contributed by atoms with Crippen LogP contribution >= 0.6 is 0 Å². The van der Waals surface area contributed by atoms with Gasteiger partial charge in [0.15, 0.2) is 6.61 Å². The van der Waals surface area contributed by atoms with Crippen LogP contribution in [0.5, 0.6) is 5.75 Å². The molecule has 9 heteroatoms. The maximum Gasteiger partial charge on any atom is 0.422 e. The predicted molar refractivity (Wildman–Crippen MR) is 108 cm³/mol. The van der Waals surface area contributed by atoms with Gasteiger partial charge in [-0.1, -0.05) is 48.5 Å². The zero-order valence-corrected chi connectivity index (χ0v) is 16.7. The molecule has 1 saturated heterocycles. The van der Waals surface area contributed by atoms with Gasteiger partial charge in [0.1, 0.15) is 18.4 Å². The molecule has 0 saturated carbocycles. The lowest BCUT2D eigenvalue weighted by atomic mass is 10.1. The Labute approximate surface area is 177 Å². The Morgan fingerprint density at radius 1 is 1.06 bits per heavy atom. The summed E-state index contributed by atoms with van der Waals surface area (Å²) in [6.07, 6.45) is -4.87. The minimum atomic E-state index is -4.61. The highest BCUT2D eigenvalue weighted by molar-refractivity contribution is 5.86. The number of rotatable bonds is 7. The molecule has 1 unspecified atom stereocenters. The van der Waals surface area contributed by atoms with E-state index in [2.05, 4.69) is 10.1 Å². The van der Waals surface area contributed by atoms with E-state index in [4.69, 9.17) is 4.74 Å². The van der Waals surface area contributed by atoms with Crippen LogP contribution in [0, 0.1) is 0 Å². The number of ether oxygens (including phenoxy) is 2. The van der Waals surface area contributed by atoms with Crippen LogP contribution in [0.2, 0.25) is 0 Å². The smallest absolute Gasteiger partial charge is 0.422 e. The normalized spacial score (nSPS) is 16.1. The topological polar surface area (TPSA) is 67.9 Å². The maximum absolute atomic E-state index is 12.4. The number of amides is 2. The first-order valence-corrected chi connectivity index (χ1v) is 9.90. The van der Waals surface area contributed by atoms with Gasteiger partial charge in [-0.05, 0) is 24.5 Å². The molecule has 1 aliphatic rings. The van der Waals surface area contributed by atoms with E-state index in [-0.39, 0.29) is 19.7 Å². The highest BCUT2D eigenvalue weighted by Crippen LogP contribution is 2.29. The molecule has 1 N–H and O–H groups in total. The number of hydrogen-bond acceptors (Lipinski definition) is 4. The minimum absolute atomic E-state index is 0.176. The van der Waals surface area contributed by atoms with Crippen molar-refractivity contribution < 1.29 is 32.2 Å². The van der Waals surface area contributed by atoms with Gasteiger partial charge in [0.2, 0.25) is 5.91 Å². The van der Waals surface area contributed by atoms with Crippen molar-refractivity contribution in [1.29, 1.82) is 0 Å². The second kappa shape index (κ2) is 10.2. The molecule has 1 aliphatic heterocycles. The van der Waals surface area contributed by atoms with Crippen molar-refractivity contribution in [3.8, 4) is 16.9 Å². The lowest BCUT2D eigenvalue weighted by Crippen LogP contribution is -2.47. The molecule has 31 heavy (non-hydrogen) atoms. The van der Waals surface area contributed by atoms with E-state index in [0.29, 0.717) is 18.6 Å². The minimum Gasteiger partial charge on any atom is -0.491 e. The number of hydrogen-bond donors (Lipinski definition) is 1. The Morgan fingerprint density at radius 3 is 2.52 bits per heavy atom. The number of carbonyl (C=O) groups excluding carboxylic acids is 2. The van der Waals surface area contributed by atoms with Gasteiger partial charge in [-0.25, -0.2) is 4.79 Å². The third-order valence-corrected chi connectivity index (χ3v) is 4.78. The molecule has 1 heterocycles. The van der Waals surface area contributed by atoms with Gasteiger partial charge in [0.05, 0.1) is 6.54 Å². The van der Waals surface area contributed by atoms with E-state index in [0.717, 1.165) is 16.0 Å². The molecular formula is C22H23F3N2O4. The predicted octanol–water partition coefficient (Wildman–Crippen LogP) is 4.01. The van der Waals surface area contributed by atoms with E-state index in [1.54, 1.807) is 0 Å². The Balaban J connectivity index is 1.49. The second-order valence-electron chi connectivity index (χ2n) is 7.02. The van der Waals surface area contributed by atoms with Gasteiger partial charge in [-0.3, -0.25) is 9.69 Å². The molecule has 3 rings (SSSR count). The molecule has 2 aromatic rings. The number of nitrogens with zero attached hydrogens (tertiary/aromatic N) is 1. The third kappa shape index (κ3) is 6.37. The van der Waals surface area contributed by atoms with Crippen molar-refractivity contribution in [2.75, 3.05) is 26.3 Å². The summed E-state index contributed by atoms with van der Waals surface area (Å²) in [4.78, 5) is 25.4. The Hall–Kier alpha value is -3.23. The van der Waals surface area contributed by atoms with Gasteiger partial charge in [0, 0.05) is 12.1 Å². The molecule has 1 atom stereocenters. The standard InChI is InChI=1S/C22H23F3N2O4/c23-22(24,25)15-31-21(29)27-13-6-10-18(27)20(28)26-12-14-30-19-11-5-4-9-17(19)16-7-2-1-3-8-16/h1-5,7-9,11,18H,6,10,12-15H2,(H,26,28). The van der Waals surface area contributed by atoms with Crippen LogP contribution in [-0.4, -0.2) is 55.4 Å². The highest BCUT2D eigenvalue weighted by atomic mass is 19.4. The summed E-state index contributed by atoms with van der Waals surface area (Å²) >= 11 is 0. The molecule has 0 spiro atoms. The van der Waals surface area contributed by atoms with E-state index in [1.807, 2.05) is 54.6 Å². The van der Waals surface area contributed by atoms with E-state index >= 15 is 0 Å². The van der Waals surface area contributed by atoms with Crippen LogP contribution in [0.15, 0.2) is 54.6 Å². The van der Waals surface area contributed by atoms with Gasteiger partial charge in [-0.15, -0.1) is 0 Å². The van der Waals surface area contributed by atoms with E-state index in [1.165, 1.54) is 0 Å². The molecule has 166 valence electrons. The van der Waals surface area contributed by atoms with Crippen molar-refractivity contribution in [2.45, 2.75) is 25.1 Å². The molecule has 0 aromatic heterocycles. The van der Waals surface area contributed by atoms with Crippen LogP contribution in [0.1, 0.15) is 12.8 Å². The Morgan fingerprint density at radius 2 is 1.77 bits per heavy atom. The number of alkyl halides is 3. The quantitative estimate of drug-likeness (QED) is 0.666. The molecule has 2 aromatic carbocycles.